The molecular formula is C30H42O2. The molecule has 32 heavy (non-hydrogen) atoms. The van der Waals surface area contributed by atoms with Crippen molar-refractivity contribution >= 4 is 0 Å². The minimum atomic E-state index is -0.315. The van der Waals surface area contributed by atoms with Gasteiger partial charge in [-0.2, -0.15) is 0 Å². The molecular weight excluding hydrogens is 392 g/mol. The topological polar surface area (TPSA) is 18.5 Å². The Labute approximate surface area is 195 Å². The maximum atomic E-state index is 6.96. The maximum Gasteiger partial charge on any atom is 0.209 e. The molecule has 4 rings (SSSR count). The molecule has 2 fully saturated rings. The highest BCUT2D eigenvalue weighted by Gasteiger charge is 2.41. The van der Waals surface area contributed by atoms with Gasteiger partial charge in [-0.25, -0.2) is 0 Å². The standard InChI is InChI=1S/C30H42O2/c1-5-22(2)23-18-20-26(21-19-23)31-29(30(3,4)25-14-7-6-8-15-25)32-28-17-11-13-24-12-9-10-16-27(24)28/h6-8,14-15,18-22,24,27-29H,5,9-13,16-17H2,1-4H3. The van der Waals surface area contributed by atoms with E-state index in [2.05, 4.69) is 82.3 Å². The van der Waals surface area contributed by atoms with Crippen molar-refractivity contribution in [3.8, 4) is 5.75 Å². The molecule has 2 aliphatic rings. The van der Waals surface area contributed by atoms with Crippen molar-refractivity contribution in [2.24, 2.45) is 11.8 Å². The third-order valence-corrected chi connectivity index (χ3v) is 8.22. The number of hydrogen-bond donors (Lipinski definition) is 0. The summed E-state index contributed by atoms with van der Waals surface area (Å²) >= 11 is 0. The first-order valence-electron chi connectivity index (χ1n) is 13.0. The van der Waals surface area contributed by atoms with Gasteiger partial charge in [-0.3, -0.25) is 0 Å². The minimum absolute atomic E-state index is 0.252. The van der Waals surface area contributed by atoms with E-state index in [9.17, 15) is 0 Å². The van der Waals surface area contributed by atoms with Crippen LogP contribution in [0.5, 0.6) is 5.75 Å². The van der Waals surface area contributed by atoms with E-state index in [1.54, 1.807) is 0 Å². The van der Waals surface area contributed by atoms with Crippen LogP contribution >= 0.6 is 0 Å². The number of fused-ring (bicyclic) bond motifs is 1. The van der Waals surface area contributed by atoms with Crippen LogP contribution in [0, 0.1) is 11.8 Å². The molecule has 0 saturated heterocycles. The molecule has 174 valence electrons. The summed E-state index contributed by atoms with van der Waals surface area (Å²) in [5.74, 6) is 3.02. The Kier molecular flexibility index (Phi) is 7.61. The SMILES string of the molecule is CCC(C)c1ccc(OC(OC2CCCC3CCCCC32)C(C)(C)c2ccccc2)cc1. The van der Waals surface area contributed by atoms with E-state index in [4.69, 9.17) is 9.47 Å². The average Bonchev–Trinajstić information content (AvgIpc) is 2.84. The number of benzene rings is 2. The monoisotopic (exact) mass is 434 g/mol. The summed E-state index contributed by atoms with van der Waals surface area (Å²) in [6.07, 6.45) is 10.4. The molecule has 0 N–H and O–H groups in total. The van der Waals surface area contributed by atoms with Gasteiger partial charge in [0.2, 0.25) is 6.29 Å². The van der Waals surface area contributed by atoms with Crippen molar-refractivity contribution in [2.75, 3.05) is 0 Å². The molecule has 0 aromatic heterocycles. The summed E-state index contributed by atoms with van der Waals surface area (Å²) in [6, 6.07) is 19.4. The minimum Gasteiger partial charge on any atom is -0.464 e. The van der Waals surface area contributed by atoms with Gasteiger partial charge in [0.25, 0.3) is 0 Å². The van der Waals surface area contributed by atoms with Crippen LogP contribution in [0.1, 0.15) is 96.1 Å². The summed E-state index contributed by atoms with van der Waals surface area (Å²) in [7, 11) is 0. The zero-order chi connectivity index (χ0) is 22.6. The molecule has 0 radical (unpaired) electrons. The lowest BCUT2D eigenvalue weighted by Crippen LogP contribution is -2.46. The van der Waals surface area contributed by atoms with Crippen LogP contribution in [0.3, 0.4) is 0 Å². The van der Waals surface area contributed by atoms with Gasteiger partial charge in [-0.1, -0.05) is 82.0 Å². The predicted molar refractivity (Wildman–Crippen MR) is 133 cm³/mol. The molecule has 2 aliphatic carbocycles. The average molecular weight is 435 g/mol. The Morgan fingerprint density at radius 3 is 2.28 bits per heavy atom. The molecule has 2 heteroatoms. The van der Waals surface area contributed by atoms with Gasteiger partial charge in [-0.05, 0) is 80.5 Å². The number of hydrogen-bond acceptors (Lipinski definition) is 2. The lowest BCUT2D eigenvalue weighted by Gasteiger charge is -2.44. The highest BCUT2D eigenvalue weighted by Crippen LogP contribution is 2.43. The van der Waals surface area contributed by atoms with Gasteiger partial charge in [0, 0.05) is 0 Å². The van der Waals surface area contributed by atoms with Crippen LogP contribution in [-0.2, 0) is 10.2 Å². The van der Waals surface area contributed by atoms with E-state index in [1.165, 1.54) is 56.1 Å². The molecule has 5 unspecified atom stereocenters. The second-order valence-electron chi connectivity index (χ2n) is 10.7. The largest absolute Gasteiger partial charge is 0.464 e. The van der Waals surface area contributed by atoms with E-state index < -0.39 is 0 Å². The van der Waals surface area contributed by atoms with Crippen LogP contribution in [0.2, 0.25) is 0 Å². The zero-order valence-electron chi connectivity index (χ0n) is 20.6. The molecule has 2 aromatic rings. The van der Waals surface area contributed by atoms with Crippen LogP contribution in [0.25, 0.3) is 0 Å². The van der Waals surface area contributed by atoms with Crippen molar-refractivity contribution in [3.63, 3.8) is 0 Å². The smallest absolute Gasteiger partial charge is 0.209 e. The quantitative estimate of drug-likeness (QED) is 0.389. The number of ether oxygens (including phenoxy) is 2. The molecule has 2 nitrogen and oxygen atoms in total. The van der Waals surface area contributed by atoms with Crippen LogP contribution < -0.4 is 4.74 Å². The Bertz CT molecular complexity index is 824. The first-order chi connectivity index (χ1) is 15.5. The highest BCUT2D eigenvalue weighted by molar-refractivity contribution is 5.30. The van der Waals surface area contributed by atoms with Crippen LogP contribution in [0.15, 0.2) is 54.6 Å². The zero-order valence-corrected chi connectivity index (χ0v) is 20.6. The van der Waals surface area contributed by atoms with Gasteiger partial charge in [0.05, 0.1) is 11.5 Å². The van der Waals surface area contributed by atoms with Crippen molar-refractivity contribution < 1.29 is 9.47 Å². The van der Waals surface area contributed by atoms with E-state index in [1.807, 2.05) is 0 Å². The van der Waals surface area contributed by atoms with E-state index in [0.717, 1.165) is 18.1 Å². The molecule has 2 aromatic carbocycles. The molecule has 2 saturated carbocycles. The molecule has 5 atom stereocenters. The molecule has 0 bridgehead atoms. The summed E-state index contributed by atoms with van der Waals surface area (Å²) < 4.78 is 13.6. The van der Waals surface area contributed by atoms with Gasteiger partial charge >= 0.3 is 0 Å². The first-order valence-corrected chi connectivity index (χ1v) is 13.0. The van der Waals surface area contributed by atoms with E-state index >= 15 is 0 Å². The van der Waals surface area contributed by atoms with Crippen molar-refractivity contribution in [3.05, 3.63) is 65.7 Å². The third kappa shape index (κ3) is 5.22. The van der Waals surface area contributed by atoms with Gasteiger partial charge < -0.3 is 9.47 Å². The fraction of sp³-hybridized carbons (Fsp3) is 0.600. The molecule has 0 heterocycles. The van der Waals surface area contributed by atoms with Crippen LogP contribution in [0.4, 0.5) is 0 Å². The Balaban J connectivity index is 1.58. The molecule has 0 aliphatic heterocycles. The summed E-state index contributed by atoms with van der Waals surface area (Å²) in [5.41, 5.74) is 2.38. The fourth-order valence-electron chi connectivity index (χ4n) is 5.79. The highest BCUT2D eigenvalue weighted by atomic mass is 16.7. The third-order valence-electron chi connectivity index (χ3n) is 8.22. The van der Waals surface area contributed by atoms with E-state index in [0.29, 0.717) is 17.9 Å². The normalized spacial score (nSPS) is 25.6. The van der Waals surface area contributed by atoms with E-state index in [-0.39, 0.29) is 11.7 Å². The van der Waals surface area contributed by atoms with Crippen molar-refractivity contribution in [1.29, 1.82) is 0 Å². The molecule has 0 amide bonds. The summed E-state index contributed by atoms with van der Waals surface area (Å²) in [4.78, 5) is 0. The van der Waals surface area contributed by atoms with Crippen molar-refractivity contribution in [1.82, 2.24) is 0 Å². The van der Waals surface area contributed by atoms with Gasteiger partial charge in [0.15, 0.2) is 0 Å². The van der Waals surface area contributed by atoms with Gasteiger partial charge in [0.1, 0.15) is 5.75 Å². The van der Waals surface area contributed by atoms with Crippen LogP contribution in [-0.4, -0.2) is 12.4 Å². The lowest BCUT2D eigenvalue weighted by atomic mass is 9.69. The Morgan fingerprint density at radius 2 is 1.56 bits per heavy atom. The summed E-state index contributed by atoms with van der Waals surface area (Å²) in [6.45, 7) is 9.05. The Hall–Kier alpha value is -1.80. The summed E-state index contributed by atoms with van der Waals surface area (Å²) in [5, 5.41) is 0. The fourth-order valence-corrected chi connectivity index (χ4v) is 5.79. The number of rotatable bonds is 8. The second-order valence-corrected chi connectivity index (χ2v) is 10.7. The Morgan fingerprint density at radius 1 is 0.875 bits per heavy atom. The first kappa shape index (κ1) is 23.4. The van der Waals surface area contributed by atoms with Crippen molar-refractivity contribution in [2.45, 2.75) is 103 Å². The maximum absolute atomic E-state index is 6.96. The molecule has 0 spiro atoms. The van der Waals surface area contributed by atoms with Gasteiger partial charge in [-0.15, -0.1) is 0 Å². The predicted octanol–water partition coefficient (Wildman–Crippen LogP) is 8.26. The second kappa shape index (κ2) is 10.4. The lowest BCUT2D eigenvalue weighted by molar-refractivity contribution is -0.184.